The third-order valence-corrected chi connectivity index (χ3v) is 3.87. The molecule has 1 heterocycles. The Kier molecular flexibility index (Phi) is 7.32. The summed E-state index contributed by atoms with van der Waals surface area (Å²) < 4.78 is 10.7. The van der Waals surface area contributed by atoms with Crippen LogP contribution in [-0.4, -0.2) is 47.4 Å². The number of likely N-dealkylation sites (tertiary alicyclic amines) is 1. The van der Waals surface area contributed by atoms with Gasteiger partial charge < -0.3 is 19.7 Å². The van der Waals surface area contributed by atoms with Crippen molar-refractivity contribution in [3.05, 3.63) is 12.7 Å². The fraction of sp³-hybridized carbons (Fsp3) is 0.789. The Morgan fingerprint density at radius 3 is 2.32 bits per heavy atom. The zero-order valence-electron chi connectivity index (χ0n) is 16.6. The monoisotopic (exact) mass is 354 g/mol. The Balaban J connectivity index is 2.56. The molecule has 1 aliphatic rings. The summed E-state index contributed by atoms with van der Waals surface area (Å²) in [6.45, 7) is 16.2. The highest BCUT2D eigenvalue weighted by molar-refractivity contribution is 5.69. The van der Waals surface area contributed by atoms with Gasteiger partial charge >= 0.3 is 12.2 Å². The average Bonchev–Trinajstić information content (AvgIpc) is 2.89. The molecule has 0 aromatic heterocycles. The van der Waals surface area contributed by atoms with Crippen molar-refractivity contribution in [1.29, 1.82) is 0 Å². The molecular weight excluding hydrogens is 320 g/mol. The van der Waals surface area contributed by atoms with E-state index >= 15 is 0 Å². The number of alkyl carbamates (subject to hydrolysis) is 1. The van der Waals surface area contributed by atoms with E-state index in [1.54, 1.807) is 4.90 Å². The van der Waals surface area contributed by atoms with E-state index in [4.69, 9.17) is 9.47 Å². The highest BCUT2D eigenvalue weighted by atomic mass is 16.6. The maximum absolute atomic E-state index is 12.4. The second-order valence-corrected chi connectivity index (χ2v) is 8.50. The van der Waals surface area contributed by atoms with E-state index in [0.717, 1.165) is 12.8 Å². The van der Waals surface area contributed by atoms with Crippen LogP contribution in [0.25, 0.3) is 0 Å². The molecule has 0 aromatic carbocycles. The van der Waals surface area contributed by atoms with Crippen LogP contribution in [0.1, 0.15) is 60.8 Å². The minimum absolute atomic E-state index is 0.0628. The number of ether oxygens (including phenoxy) is 2. The molecule has 0 radical (unpaired) electrons. The number of hydrogen-bond acceptors (Lipinski definition) is 4. The number of nitrogens with one attached hydrogen (secondary N) is 1. The second-order valence-electron chi connectivity index (χ2n) is 8.50. The van der Waals surface area contributed by atoms with E-state index < -0.39 is 17.3 Å². The van der Waals surface area contributed by atoms with Crippen LogP contribution in [0.3, 0.4) is 0 Å². The molecular formula is C19H34N2O4. The van der Waals surface area contributed by atoms with Gasteiger partial charge in [0.05, 0.1) is 0 Å². The van der Waals surface area contributed by atoms with Crippen LogP contribution in [0, 0.1) is 5.92 Å². The zero-order valence-corrected chi connectivity index (χ0v) is 16.6. The smallest absolute Gasteiger partial charge is 0.410 e. The normalized spacial score (nSPS) is 19.3. The number of carbonyl (C=O) groups is 2. The Bertz CT molecular complexity index is 477. The fourth-order valence-electron chi connectivity index (χ4n) is 2.91. The maximum atomic E-state index is 12.4. The van der Waals surface area contributed by atoms with Crippen LogP contribution in [0.15, 0.2) is 12.7 Å². The third-order valence-electron chi connectivity index (χ3n) is 3.87. The average molecular weight is 354 g/mol. The van der Waals surface area contributed by atoms with Gasteiger partial charge in [0, 0.05) is 19.1 Å². The summed E-state index contributed by atoms with van der Waals surface area (Å²) in [5.41, 5.74) is -1.02. The fourth-order valence-corrected chi connectivity index (χ4v) is 2.91. The van der Waals surface area contributed by atoms with E-state index in [0.29, 0.717) is 19.5 Å². The summed E-state index contributed by atoms with van der Waals surface area (Å²) >= 11 is 0. The topological polar surface area (TPSA) is 67.9 Å². The summed E-state index contributed by atoms with van der Waals surface area (Å²) in [5.74, 6) is 0.102. The molecule has 1 fully saturated rings. The molecule has 0 spiro atoms. The molecule has 2 atom stereocenters. The van der Waals surface area contributed by atoms with E-state index in [1.165, 1.54) is 0 Å². The molecule has 0 aromatic rings. The van der Waals surface area contributed by atoms with Gasteiger partial charge in [-0.15, -0.1) is 6.58 Å². The number of nitrogens with zero attached hydrogens (tertiary/aromatic N) is 1. The number of hydrogen-bond donors (Lipinski definition) is 1. The van der Waals surface area contributed by atoms with Crippen molar-refractivity contribution in [3.8, 4) is 0 Å². The Morgan fingerprint density at radius 2 is 1.80 bits per heavy atom. The summed E-state index contributed by atoms with van der Waals surface area (Å²) in [7, 11) is 0. The van der Waals surface area contributed by atoms with Gasteiger partial charge in [0.15, 0.2) is 0 Å². The predicted octanol–water partition coefficient (Wildman–Crippen LogP) is 4.10. The first kappa shape index (κ1) is 21.3. The van der Waals surface area contributed by atoms with Crippen molar-refractivity contribution < 1.29 is 19.1 Å². The SMILES string of the molecule is C=CC(CCNC(=O)OC(C)(C)C)C1CCCN1C(=O)OC(C)(C)C. The van der Waals surface area contributed by atoms with Gasteiger partial charge in [0.1, 0.15) is 11.2 Å². The molecule has 0 saturated carbocycles. The van der Waals surface area contributed by atoms with Crippen molar-refractivity contribution in [1.82, 2.24) is 10.2 Å². The molecule has 1 rings (SSSR count). The largest absolute Gasteiger partial charge is 0.444 e. The number of rotatable bonds is 5. The lowest BCUT2D eigenvalue weighted by molar-refractivity contribution is 0.0189. The van der Waals surface area contributed by atoms with Crippen LogP contribution in [0.2, 0.25) is 0 Å². The number of amides is 2. The molecule has 144 valence electrons. The molecule has 1 aliphatic heterocycles. The zero-order chi connectivity index (χ0) is 19.3. The molecule has 0 bridgehead atoms. The van der Waals surface area contributed by atoms with Crippen molar-refractivity contribution >= 4 is 12.2 Å². The van der Waals surface area contributed by atoms with Gasteiger partial charge in [0.25, 0.3) is 0 Å². The van der Waals surface area contributed by atoms with E-state index in [2.05, 4.69) is 11.9 Å². The van der Waals surface area contributed by atoms with Gasteiger partial charge in [-0.25, -0.2) is 9.59 Å². The molecule has 0 aliphatic carbocycles. The van der Waals surface area contributed by atoms with Gasteiger partial charge in [-0.1, -0.05) is 6.08 Å². The van der Waals surface area contributed by atoms with Gasteiger partial charge in [-0.3, -0.25) is 0 Å². The summed E-state index contributed by atoms with van der Waals surface area (Å²) in [4.78, 5) is 25.9. The first-order chi connectivity index (χ1) is 11.4. The Hall–Kier alpha value is -1.72. The maximum Gasteiger partial charge on any atom is 0.410 e. The van der Waals surface area contributed by atoms with Crippen LogP contribution < -0.4 is 5.32 Å². The van der Waals surface area contributed by atoms with Crippen LogP contribution in [-0.2, 0) is 9.47 Å². The van der Waals surface area contributed by atoms with E-state index in [1.807, 2.05) is 47.6 Å². The summed E-state index contributed by atoms with van der Waals surface area (Å²) in [6, 6.07) is 0.0628. The minimum atomic E-state index is -0.513. The summed E-state index contributed by atoms with van der Waals surface area (Å²) in [6.07, 6.45) is 3.74. The van der Waals surface area contributed by atoms with Gasteiger partial charge in [0.2, 0.25) is 0 Å². The van der Waals surface area contributed by atoms with Gasteiger partial charge in [-0.2, -0.15) is 0 Å². The molecule has 2 unspecified atom stereocenters. The standard InChI is InChI=1S/C19H34N2O4/c1-8-14(11-12-20-16(22)24-18(2,3)4)15-10-9-13-21(15)17(23)25-19(5,6)7/h8,14-15H,1,9-13H2,2-7H3,(H,20,22). The molecule has 6 nitrogen and oxygen atoms in total. The molecule has 2 amide bonds. The van der Waals surface area contributed by atoms with E-state index in [9.17, 15) is 9.59 Å². The molecule has 25 heavy (non-hydrogen) atoms. The highest BCUT2D eigenvalue weighted by Crippen LogP contribution is 2.28. The predicted molar refractivity (Wildman–Crippen MR) is 98.5 cm³/mol. The molecule has 6 heteroatoms. The summed E-state index contributed by atoms with van der Waals surface area (Å²) in [5, 5.41) is 2.77. The van der Waals surface area contributed by atoms with Crippen molar-refractivity contribution in [2.75, 3.05) is 13.1 Å². The number of carbonyl (C=O) groups excluding carboxylic acids is 2. The Labute approximate surface area is 151 Å². The van der Waals surface area contributed by atoms with Crippen molar-refractivity contribution in [2.24, 2.45) is 5.92 Å². The highest BCUT2D eigenvalue weighted by Gasteiger charge is 2.35. The van der Waals surface area contributed by atoms with Crippen molar-refractivity contribution in [2.45, 2.75) is 78.0 Å². The lowest BCUT2D eigenvalue weighted by atomic mass is 9.94. The van der Waals surface area contributed by atoms with E-state index in [-0.39, 0.29) is 18.1 Å². The Morgan fingerprint density at radius 1 is 1.20 bits per heavy atom. The molecule has 1 N–H and O–H groups in total. The molecule has 1 saturated heterocycles. The lowest BCUT2D eigenvalue weighted by Gasteiger charge is -2.32. The second kappa shape index (κ2) is 8.59. The quantitative estimate of drug-likeness (QED) is 0.755. The first-order valence-electron chi connectivity index (χ1n) is 9.02. The van der Waals surface area contributed by atoms with Crippen LogP contribution >= 0.6 is 0 Å². The lowest BCUT2D eigenvalue weighted by Crippen LogP contribution is -2.43. The van der Waals surface area contributed by atoms with Crippen LogP contribution in [0.5, 0.6) is 0 Å². The van der Waals surface area contributed by atoms with Gasteiger partial charge in [-0.05, 0) is 66.7 Å². The first-order valence-corrected chi connectivity index (χ1v) is 9.02. The third kappa shape index (κ3) is 7.80. The van der Waals surface area contributed by atoms with Crippen molar-refractivity contribution in [3.63, 3.8) is 0 Å². The minimum Gasteiger partial charge on any atom is -0.444 e. The van der Waals surface area contributed by atoms with Crippen LogP contribution in [0.4, 0.5) is 9.59 Å².